The van der Waals surface area contributed by atoms with Crippen molar-refractivity contribution in [3.63, 3.8) is 0 Å². The predicted molar refractivity (Wildman–Crippen MR) is 109 cm³/mol. The Bertz CT molecular complexity index is 912. The van der Waals surface area contributed by atoms with Crippen molar-refractivity contribution < 1.29 is 14.5 Å². The largest absolute Gasteiger partial charge is 0.493 e. The van der Waals surface area contributed by atoms with Crippen LogP contribution in [0.5, 0.6) is 5.75 Å². The number of benzene rings is 2. The number of nitrogens with one attached hydrogen (secondary N) is 1. The molecule has 0 atom stereocenters. The fourth-order valence-corrected chi connectivity index (χ4v) is 2.71. The highest BCUT2D eigenvalue weighted by Crippen LogP contribution is 2.22. The second-order valence-electron chi connectivity index (χ2n) is 6.35. The molecule has 0 aliphatic carbocycles. The van der Waals surface area contributed by atoms with Gasteiger partial charge in [0.05, 0.1) is 17.2 Å². The second kappa shape index (κ2) is 9.85. The molecular weight excluding hydrogens is 382 g/mol. The Morgan fingerprint density at radius 2 is 1.96 bits per heavy atom. The molecular formula is C20H22ClN3O4. The molecule has 0 aliphatic heterocycles. The predicted octanol–water partition coefficient (Wildman–Crippen LogP) is 4.56. The van der Waals surface area contributed by atoms with E-state index < -0.39 is 4.92 Å². The summed E-state index contributed by atoms with van der Waals surface area (Å²) < 4.78 is 5.65. The van der Waals surface area contributed by atoms with E-state index in [4.69, 9.17) is 16.3 Å². The molecule has 0 unspecified atom stereocenters. The lowest BCUT2D eigenvalue weighted by Gasteiger charge is -2.09. The SMILES string of the molecule is C/C(=N\NC(=O)CCCOc1ccc(Cl)cc1C)c1ccc(C)c([N+](=O)[O-])c1. The summed E-state index contributed by atoms with van der Waals surface area (Å²) in [5.41, 5.74) is 5.07. The van der Waals surface area contributed by atoms with Gasteiger partial charge in [0.2, 0.25) is 5.91 Å². The third-order valence-corrected chi connectivity index (χ3v) is 4.35. The molecule has 2 rings (SSSR count). The minimum Gasteiger partial charge on any atom is -0.493 e. The van der Waals surface area contributed by atoms with Gasteiger partial charge in [0.1, 0.15) is 5.75 Å². The number of nitrogens with zero attached hydrogens (tertiary/aromatic N) is 2. The normalized spacial score (nSPS) is 11.2. The first kappa shape index (κ1) is 21.4. The van der Waals surface area contributed by atoms with Gasteiger partial charge in [-0.3, -0.25) is 14.9 Å². The second-order valence-corrected chi connectivity index (χ2v) is 6.79. The third-order valence-electron chi connectivity index (χ3n) is 4.11. The van der Waals surface area contributed by atoms with Gasteiger partial charge in [-0.1, -0.05) is 23.7 Å². The van der Waals surface area contributed by atoms with Crippen LogP contribution in [0.2, 0.25) is 5.02 Å². The zero-order valence-electron chi connectivity index (χ0n) is 16.0. The fraction of sp³-hybridized carbons (Fsp3) is 0.300. The Morgan fingerprint density at radius 1 is 1.21 bits per heavy atom. The number of nitro groups is 1. The number of hydrazone groups is 1. The maximum absolute atomic E-state index is 11.9. The van der Waals surface area contributed by atoms with Crippen LogP contribution < -0.4 is 10.2 Å². The number of rotatable bonds is 8. The van der Waals surface area contributed by atoms with E-state index in [-0.39, 0.29) is 18.0 Å². The van der Waals surface area contributed by atoms with Crippen LogP contribution in [0.4, 0.5) is 5.69 Å². The Kier molecular flexibility index (Phi) is 7.52. The van der Waals surface area contributed by atoms with Crippen LogP contribution in [-0.2, 0) is 4.79 Å². The monoisotopic (exact) mass is 403 g/mol. The Morgan fingerprint density at radius 3 is 2.64 bits per heavy atom. The lowest BCUT2D eigenvalue weighted by molar-refractivity contribution is -0.385. The lowest BCUT2D eigenvalue weighted by atomic mass is 10.1. The van der Waals surface area contributed by atoms with Crippen molar-refractivity contribution in [2.24, 2.45) is 5.10 Å². The summed E-state index contributed by atoms with van der Waals surface area (Å²) >= 11 is 5.90. The van der Waals surface area contributed by atoms with Crippen LogP contribution in [0.25, 0.3) is 0 Å². The van der Waals surface area contributed by atoms with Gasteiger partial charge in [0.15, 0.2) is 0 Å². The van der Waals surface area contributed by atoms with Crippen molar-refractivity contribution in [2.45, 2.75) is 33.6 Å². The first-order valence-electron chi connectivity index (χ1n) is 8.75. The standard InChI is InChI=1S/C20H22ClN3O4/c1-13-6-7-16(12-18(13)24(26)27)15(3)22-23-20(25)5-4-10-28-19-9-8-17(21)11-14(19)2/h6-9,11-12H,4-5,10H2,1-3H3,(H,23,25)/b22-15+. The molecule has 0 saturated carbocycles. The molecule has 28 heavy (non-hydrogen) atoms. The number of hydrogen-bond donors (Lipinski definition) is 1. The topological polar surface area (TPSA) is 93.8 Å². The number of ether oxygens (including phenoxy) is 1. The van der Waals surface area contributed by atoms with Crippen LogP contribution in [0.1, 0.15) is 36.5 Å². The van der Waals surface area contributed by atoms with Crippen molar-refractivity contribution in [3.05, 3.63) is 68.2 Å². The smallest absolute Gasteiger partial charge is 0.272 e. The first-order valence-corrected chi connectivity index (χ1v) is 9.13. The molecule has 0 fully saturated rings. The van der Waals surface area contributed by atoms with Gasteiger partial charge in [-0.25, -0.2) is 5.43 Å². The maximum atomic E-state index is 11.9. The first-order chi connectivity index (χ1) is 13.3. The summed E-state index contributed by atoms with van der Waals surface area (Å²) in [4.78, 5) is 22.5. The van der Waals surface area contributed by atoms with E-state index in [1.165, 1.54) is 6.07 Å². The summed E-state index contributed by atoms with van der Waals surface area (Å²) in [5.74, 6) is 0.483. The summed E-state index contributed by atoms with van der Waals surface area (Å²) in [6, 6.07) is 10.2. The van der Waals surface area contributed by atoms with Crippen LogP contribution in [0.3, 0.4) is 0 Å². The van der Waals surface area contributed by atoms with E-state index in [0.29, 0.717) is 34.9 Å². The van der Waals surface area contributed by atoms with E-state index in [2.05, 4.69) is 10.5 Å². The summed E-state index contributed by atoms with van der Waals surface area (Å²) in [5, 5.41) is 15.7. The average molecular weight is 404 g/mol. The molecule has 7 nitrogen and oxygen atoms in total. The molecule has 0 bridgehead atoms. The molecule has 0 heterocycles. The molecule has 0 radical (unpaired) electrons. The molecule has 8 heteroatoms. The van der Waals surface area contributed by atoms with E-state index in [1.807, 2.05) is 13.0 Å². The quantitative estimate of drug-likeness (QED) is 0.302. The maximum Gasteiger partial charge on any atom is 0.272 e. The van der Waals surface area contributed by atoms with Gasteiger partial charge in [-0.2, -0.15) is 5.10 Å². The molecule has 0 aliphatic rings. The van der Waals surface area contributed by atoms with Crippen molar-refractivity contribution in [3.8, 4) is 5.75 Å². The highest BCUT2D eigenvalue weighted by atomic mass is 35.5. The Labute approximate surface area is 168 Å². The van der Waals surface area contributed by atoms with E-state index in [0.717, 1.165) is 11.3 Å². The molecule has 2 aromatic rings. The van der Waals surface area contributed by atoms with Gasteiger partial charge in [0.25, 0.3) is 5.69 Å². The number of carbonyl (C=O) groups excluding carboxylic acids is 1. The van der Waals surface area contributed by atoms with E-state index in [9.17, 15) is 14.9 Å². The zero-order valence-corrected chi connectivity index (χ0v) is 16.7. The van der Waals surface area contributed by atoms with Gasteiger partial charge in [-0.15, -0.1) is 0 Å². The summed E-state index contributed by atoms with van der Waals surface area (Å²) in [6.45, 7) is 5.65. The molecule has 148 valence electrons. The van der Waals surface area contributed by atoms with Crippen LogP contribution in [0, 0.1) is 24.0 Å². The van der Waals surface area contributed by atoms with Crippen molar-refractivity contribution >= 4 is 28.9 Å². The lowest BCUT2D eigenvalue weighted by Crippen LogP contribution is -2.19. The molecule has 1 amide bonds. The minimum absolute atomic E-state index is 0.0213. The van der Waals surface area contributed by atoms with E-state index in [1.54, 1.807) is 38.1 Å². The van der Waals surface area contributed by atoms with Gasteiger partial charge in [0, 0.05) is 28.6 Å². The fourth-order valence-electron chi connectivity index (χ4n) is 2.49. The molecule has 0 spiro atoms. The number of halogens is 1. The molecule has 0 aromatic heterocycles. The molecule has 2 aromatic carbocycles. The molecule has 0 saturated heterocycles. The van der Waals surface area contributed by atoms with Crippen molar-refractivity contribution in [1.29, 1.82) is 0 Å². The van der Waals surface area contributed by atoms with E-state index >= 15 is 0 Å². The van der Waals surface area contributed by atoms with Crippen molar-refractivity contribution in [1.82, 2.24) is 5.43 Å². The number of nitro benzene ring substituents is 1. The van der Waals surface area contributed by atoms with Gasteiger partial charge in [-0.05, 0) is 51.0 Å². The zero-order chi connectivity index (χ0) is 20.7. The number of aryl methyl sites for hydroxylation is 2. The Balaban J connectivity index is 1.82. The van der Waals surface area contributed by atoms with Crippen LogP contribution >= 0.6 is 11.6 Å². The summed E-state index contributed by atoms with van der Waals surface area (Å²) in [6.07, 6.45) is 0.774. The van der Waals surface area contributed by atoms with Crippen LogP contribution in [0.15, 0.2) is 41.5 Å². The third kappa shape index (κ3) is 6.06. The highest BCUT2D eigenvalue weighted by molar-refractivity contribution is 6.30. The van der Waals surface area contributed by atoms with Crippen molar-refractivity contribution in [2.75, 3.05) is 6.61 Å². The van der Waals surface area contributed by atoms with Gasteiger partial charge < -0.3 is 4.74 Å². The van der Waals surface area contributed by atoms with Gasteiger partial charge >= 0.3 is 0 Å². The average Bonchev–Trinajstić information content (AvgIpc) is 2.64. The Hall–Kier alpha value is -2.93. The number of hydrogen-bond acceptors (Lipinski definition) is 5. The highest BCUT2D eigenvalue weighted by Gasteiger charge is 2.12. The number of carbonyl (C=O) groups is 1. The number of amides is 1. The van der Waals surface area contributed by atoms with Crippen LogP contribution in [-0.4, -0.2) is 23.1 Å². The minimum atomic E-state index is -0.437. The summed E-state index contributed by atoms with van der Waals surface area (Å²) in [7, 11) is 0. The molecule has 1 N–H and O–H groups in total.